The zero-order valence-corrected chi connectivity index (χ0v) is 23.0. The van der Waals surface area contributed by atoms with Gasteiger partial charge in [-0.2, -0.15) is 11.3 Å². The summed E-state index contributed by atoms with van der Waals surface area (Å²) < 4.78 is 5.30. The van der Waals surface area contributed by atoms with Crippen molar-refractivity contribution in [2.24, 2.45) is 0 Å². The van der Waals surface area contributed by atoms with Gasteiger partial charge in [0.15, 0.2) is 0 Å². The van der Waals surface area contributed by atoms with Crippen LogP contribution in [0.25, 0.3) is 0 Å². The van der Waals surface area contributed by atoms with Gasteiger partial charge in [0, 0.05) is 11.6 Å². The van der Waals surface area contributed by atoms with Crippen LogP contribution in [0.5, 0.6) is 0 Å². The molecule has 0 aliphatic heterocycles. The molecule has 0 spiro atoms. The van der Waals surface area contributed by atoms with Gasteiger partial charge in [-0.25, -0.2) is 9.59 Å². The Hall–Kier alpha value is -3.96. The number of aromatic nitrogens is 1. The van der Waals surface area contributed by atoms with Crippen LogP contribution in [0.4, 0.5) is 26.7 Å². The highest BCUT2D eigenvalue weighted by Gasteiger charge is 2.19. The SMILES string of the molecule is CN(C)CCC(NC(=O)Nc1ccsc1)c1ccc(C(=O)Nc2ccccc2NC(=O)OC(C)(C)C)nc1. The lowest BCUT2D eigenvalue weighted by Gasteiger charge is -2.21. The van der Waals surface area contributed by atoms with E-state index in [-0.39, 0.29) is 17.8 Å². The van der Waals surface area contributed by atoms with E-state index in [1.165, 1.54) is 11.3 Å². The molecule has 202 valence electrons. The van der Waals surface area contributed by atoms with Gasteiger partial charge in [0.1, 0.15) is 11.3 Å². The van der Waals surface area contributed by atoms with Crippen molar-refractivity contribution in [1.82, 2.24) is 15.2 Å². The molecule has 0 bridgehead atoms. The predicted octanol–water partition coefficient (Wildman–Crippen LogP) is 5.56. The number of carbonyl (C=O) groups excluding carboxylic acids is 3. The maximum absolute atomic E-state index is 12.9. The largest absolute Gasteiger partial charge is 0.444 e. The zero-order chi connectivity index (χ0) is 27.7. The molecule has 0 aliphatic carbocycles. The van der Waals surface area contributed by atoms with Crippen LogP contribution in [0.15, 0.2) is 59.4 Å². The Morgan fingerprint density at radius 2 is 1.71 bits per heavy atom. The van der Waals surface area contributed by atoms with E-state index in [0.717, 1.165) is 17.8 Å². The third kappa shape index (κ3) is 9.16. The number of urea groups is 1. The monoisotopic (exact) mass is 538 g/mol. The van der Waals surface area contributed by atoms with Crippen LogP contribution >= 0.6 is 11.3 Å². The number of thiophene rings is 1. The molecule has 0 saturated heterocycles. The van der Waals surface area contributed by atoms with E-state index in [9.17, 15) is 14.4 Å². The van der Waals surface area contributed by atoms with Crippen LogP contribution in [0.2, 0.25) is 0 Å². The Labute approximate surface area is 226 Å². The number of rotatable bonds is 9. The maximum atomic E-state index is 12.9. The highest BCUT2D eigenvalue weighted by atomic mass is 32.1. The fourth-order valence-corrected chi connectivity index (χ4v) is 4.01. The summed E-state index contributed by atoms with van der Waals surface area (Å²) in [5.41, 5.74) is 1.84. The van der Waals surface area contributed by atoms with Gasteiger partial charge in [0.25, 0.3) is 5.91 Å². The van der Waals surface area contributed by atoms with Crippen LogP contribution in [0.1, 0.15) is 49.3 Å². The summed E-state index contributed by atoms with van der Waals surface area (Å²) in [7, 11) is 3.92. The smallest absolute Gasteiger partial charge is 0.412 e. The second-order valence-corrected chi connectivity index (χ2v) is 10.6. The third-order valence-electron chi connectivity index (χ3n) is 5.18. The van der Waals surface area contributed by atoms with Crippen LogP contribution in [-0.2, 0) is 4.74 Å². The molecule has 0 aliphatic rings. The average molecular weight is 539 g/mol. The Morgan fingerprint density at radius 3 is 2.29 bits per heavy atom. The Bertz CT molecular complexity index is 1220. The summed E-state index contributed by atoms with van der Waals surface area (Å²) in [6.45, 7) is 6.05. The molecule has 11 heteroatoms. The lowest BCUT2D eigenvalue weighted by molar-refractivity contribution is 0.0635. The van der Waals surface area contributed by atoms with Crippen LogP contribution in [0.3, 0.4) is 0 Å². The Balaban J connectivity index is 1.69. The van der Waals surface area contributed by atoms with E-state index in [1.54, 1.807) is 63.4 Å². The number of nitrogens with zero attached hydrogens (tertiary/aromatic N) is 2. The highest BCUT2D eigenvalue weighted by Crippen LogP contribution is 2.23. The van der Waals surface area contributed by atoms with E-state index >= 15 is 0 Å². The molecule has 0 radical (unpaired) electrons. The predicted molar refractivity (Wildman–Crippen MR) is 151 cm³/mol. The lowest BCUT2D eigenvalue weighted by Crippen LogP contribution is -2.34. The fourth-order valence-electron chi connectivity index (χ4n) is 3.42. The van der Waals surface area contributed by atoms with E-state index in [1.807, 2.05) is 35.8 Å². The summed E-state index contributed by atoms with van der Waals surface area (Å²) >= 11 is 1.50. The number of carbonyl (C=O) groups is 3. The molecule has 1 atom stereocenters. The number of ether oxygens (including phenoxy) is 1. The Kier molecular flexibility index (Phi) is 9.80. The molecule has 3 rings (SSSR count). The van der Waals surface area contributed by atoms with Crippen molar-refractivity contribution in [3.8, 4) is 0 Å². The number of anilines is 3. The molecule has 38 heavy (non-hydrogen) atoms. The van der Waals surface area contributed by atoms with Crippen molar-refractivity contribution in [2.75, 3.05) is 36.6 Å². The summed E-state index contributed by atoms with van der Waals surface area (Å²) in [5.74, 6) is -0.442. The average Bonchev–Trinajstić information content (AvgIpc) is 3.34. The molecule has 1 unspecified atom stereocenters. The molecule has 0 saturated carbocycles. The normalized spacial score (nSPS) is 11.9. The number of hydrogen-bond acceptors (Lipinski definition) is 7. The van der Waals surface area contributed by atoms with Crippen LogP contribution in [-0.4, -0.2) is 54.2 Å². The fraction of sp³-hybridized carbons (Fsp3) is 0.333. The number of nitrogens with one attached hydrogen (secondary N) is 4. The molecule has 4 N–H and O–H groups in total. The second kappa shape index (κ2) is 13.0. The van der Waals surface area contributed by atoms with E-state index in [0.29, 0.717) is 17.8 Å². The topological polar surface area (TPSA) is 125 Å². The second-order valence-electron chi connectivity index (χ2n) is 9.86. The Morgan fingerprint density at radius 1 is 1.00 bits per heavy atom. The molecular weight excluding hydrogens is 504 g/mol. The van der Waals surface area contributed by atoms with Gasteiger partial charge in [-0.05, 0) is 83.0 Å². The van der Waals surface area contributed by atoms with Gasteiger partial charge < -0.3 is 25.6 Å². The minimum absolute atomic E-state index is 0.190. The number of para-hydroxylation sites is 2. The number of amides is 4. The minimum Gasteiger partial charge on any atom is -0.444 e. The zero-order valence-electron chi connectivity index (χ0n) is 22.2. The summed E-state index contributed by atoms with van der Waals surface area (Å²) in [6, 6.07) is 11.4. The molecule has 1 aromatic carbocycles. The maximum Gasteiger partial charge on any atom is 0.412 e. The van der Waals surface area contributed by atoms with Crippen LogP contribution in [0, 0.1) is 0 Å². The summed E-state index contributed by atoms with van der Waals surface area (Å²) in [6.07, 6.45) is 1.62. The minimum atomic E-state index is -0.655. The number of pyridine rings is 1. The first-order valence-electron chi connectivity index (χ1n) is 12.1. The van der Waals surface area contributed by atoms with Crippen molar-refractivity contribution >= 4 is 46.4 Å². The number of benzene rings is 1. The highest BCUT2D eigenvalue weighted by molar-refractivity contribution is 7.08. The molecule has 10 nitrogen and oxygen atoms in total. The van der Waals surface area contributed by atoms with Gasteiger partial charge >= 0.3 is 12.1 Å². The third-order valence-corrected chi connectivity index (χ3v) is 5.86. The molecule has 2 aromatic heterocycles. The van der Waals surface area contributed by atoms with Crippen molar-refractivity contribution in [3.63, 3.8) is 0 Å². The first kappa shape index (κ1) is 28.6. The lowest BCUT2D eigenvalue weighted by atomic mass is 10.1. The number of hydrogen-bond donors (Lipinski definition) is 4. The van der Waals surface area contributed by atoms with Crippen molar-refractivity contribution in [1.29, 1.82) is 0 Å². The quantitative estimate of drug-likeness (QED) is 0.283. The van der Waals surface area contributed by atoms with Gasteiger partial charge in [0.05, 0.1) is 23.1 Å². The van der Waals surface area contributed by atoms with Crippen molar-refractivity contribution < 1.29 is 19.1 Å². The summed E-state index contributed by atoms with van der Waals surface area (Å²) in [5, 5.41) is 15.0. The van der Waals surface area contributed by atoms with Gasteiger partial charge in [-0.15, -0.1) is 0 Å². The van der Waals surface area contributed by atoms with E-state index < -0.39 is 17.6 Å². The molecule has 2 heterocycles. The van der Waals surface area contributed by atoms with Gasteiger partial charge in [-0.3, -0.25) is 15.1 Å². The first-order chi connectivity index (χ1) is 18.0. The van der Waals surface area contributed by atoms with Crippen molar-refractivity contribution in [3.05, 3.63) is 70.7 Å². The molecule has 3 aromatic rings. The van der Waals surface area contributed by atoms with Gasteiger partial charge in [0.2, 0.25) is 0 Å². The van der Waals surface area contributed by atoms with E-state index in [2.05, 4.69) is 26.3 Å². The van der Waals surface area contributed by atoms with Gasteiger partial charge in [-0.1, -0.05) is 18.2 Å². The molecule has 4 amide bonds. The van der Waals surface area contributed by atoms with Crippen molar-refractivity contribution in [2.45, 2.75) is 38.8 Å². The standard InChI is InChI=1S/C27H34N6O4S/c1-27(2,3)37-26(36)32-22-9-7-6-8-21(22)30-24(34)23-11-10-18(16-28-23)20(12-14-33(4)5)31-25(35)29-19-13-15-38-17-19/h6-11,13,15-17,20H,12,14H2,1-5H3,(H,30,34)(H,32,36)(H2,29,31,35). The van der Waals surface area contributed by atoms with Crippen LogP contribution < -0.4 is 21.3 Å². The molecular formula is C27H34N6O4S. The molecule has 0 fully saturated rings. The summed E-state index contributed by atoms with van der Waals surface area (Å²) in [4.78, 5) is 44.0. The van der Waals surface area contributed by atoms with E-state index in [4.69, 9.17) is 4.74 Å². The first-order valence-corrected chi connectivity index (χ1v) is 13.1.